The second-order valence-electron chi connectivity index (χ2n) is 14.4. The Morgan fingerprint density at radius 1 is 0.951 bits per heavy atom. The molecule has 0 radical (unpaired) electrons. The number of hydrogen-bond acceptors (Lipinski definition) is 7. The molecule has 0 aromatic heterocycles. The monoisotopic (exact) mass is 567 g/mol. The lowest BCUT2D eigenvalue weighted by Crippen LogP contribution is -2.71. The summed E-state index contributed by atoms with van der Waals surface area (Å²) in [4.78, 5) is 34.8. The van der Waals surface area contributed by atoms with E-state index >= 15 is 0 Å². The molecule has 4 heterocycles. The van der Waals surface area contributed by atoms with Gasteiger partial charge in [0.1, 0.15) is 0 Å². The van der Waals surface area contributed by atoms with Gasteiger partial charge in [0, 0.05) is 37.3 Å². The zero-order chi connectivity index (χ0) is 27.9. The molecule has 4 aliphatic heterocycles. The first-order valence-corrected chi connectivity index (χ1v) is 17.2. The largest absolute Gasteiger partial charge is 0.369 e. The standard InChI is InChI=1S/C33H53N5O3/c1-36-15-6-9-24(36)12-13-34-27-11-10-25-30-32(27)41-29-20-23-8-3-2-7-22(23)19-28(29)38(30)21-26(31(25)39)33(40)35-14-18-37-16-4-5-17-37/h21-25,27-30,32,34H,2-20H2,1H3,(H,35,40). The normalized spacial score (nSPS) is 41.0. The molecule has 0 bridgehead atoms. The van der Waals surface area contributed by atoms with Gasteiger partial charge >= 0.3 is 0 Å². The highest BCUT2D eigenvalue weighted by molar-refractivity contribution is 6.20. The van der Waals surface area contributed by atoms with E-state index in [-0.39, 0.29) is 47.9 Å². The van der Waals surface area contributed by atoms with E-state index in [1.54, 1.807) is 0 Å². The van der Waals surface area contributed by atoms with Gasteiger partial charge in [-0.3, -0.25) is 9.59 Å². The molecule has 228 valence electrons. The fraction of sp³-hybridized carbons (Fsp3) is 0.879. The van der Waals surface area contributed by atoms with E-state index in [1.807, 2.05) is 6.20 Å². The van der Waals surface area contributed by atoms with E-state index in [1.165, 1.54) is 64.3 Å². The maximum atomic E-state index is 13.9. The molecule has 3 aliphatic carbocycles. The Bertz CT molecular complexity index is 997. The zero-order valence-corrected chi connectivity index (χ0v) is 25.3. The van der Waals surface area contributed by atoms with Crippen LogP contribution in [-0.4, -0.2) is 109 Å². The van der Waals surface area contributed by atoms with Crippen LogP contribution in [0.15, 0.2) is 11.8 Å². The van der Waals surface area contributed by atoms with Crippen LogP contribution < -0.4 is 10.6 Å². The highest BCUT2D eigenvalue weighted by atomic mass is 16.5. The summed E-state index contributed by atoms with van der Waals surface area (Å²) >= 11 is 0. The number of nitrogens with one attached hydrogen (secondary N) is 2. The van der Waals surface area contributed by atoms with Crippen molar-refractivity contribution in [1.29, 1.82) is 0 Å². The number of likely N-dealkylation sites (tertiary alicyclic amines) is 2. The van der Waals surface area contributed by atoms with Gasteiger partial charge in [-0.1, -0.05) is 25.7 Å². The first-order valence-electron chi connectivity index (χ1n) is 17.2. The van der Waals surface area contributed by atoms with Gasteiger partial charge in [0.05, 0.1) is 29.9 Å². The third kappa shape index (κ3) is 5.63. The molecule has 41 heavy (non-hydrogen) atoms. The number of Topliss-reactive ketones (excluding diaryl/α,β-unsaturated/α-hetero) is 1. The molecular formula is C33H53N5O3. The summed E-state index contributed by atoms with van der Waals surface area (Å²) in [7, 11) is 2.26. The van der Waals surface area contributed by atoms with Gasteiger partial charge in [-0.25, -0.2) is 0 Å². The van der Waals surface area contributed by atoms with Gasteiger partial charge in [0.15, 0.2) is 5.78 Å². The second kappa shape index (κ2) is 12.3. The molecule has 8 heteroatoms. The number of rotatable bonds is 8. The minimum atomic E-state index is -0.167. The van der Waals surface area contributed by atoms with Crippen LogP contribution in [0.25, 0.3) is 0 Å². The number of carbonyl (C=O) groups excluding carboxylic acids is 2. The SMILES string of the molecule is CN1CCCC1CCNC1CCC2C(=O)C(C(=O)NCCN3CCCC3)=CN3C4CC5CCCCC5CC4OC1C23. The second-order valence-corrected chi connectivity index (χ2v) is 14.4. The molecule has 2 N–H and O–H groups in total. The number of carbonyl (C=O) groups is 2. The minimum absolute atomic E-state index is 0.0106. The number of morpholine rings is 1. The number of amides is 1. The molecule has 7 aliphatic rings. The average molecular weight is 568 g/mol. The van der Waals surface area contributed by atoms with Crippen molar-refractivity contribution in [1.82, 2.24) is 25.3 Å². The lowest BCUT2D eigenvalue weighted by atomic mass is 9.65. The number of hydrogen-bond donors (Lipinski definition) is 2. The summed E-state index contributed by atoms with van der Waals surface area (Å²) in [5.41, 5.74) is 0.397. The van der Waals surface area contributed by atoms with Crippen LogP contribution in [0.4, 0.5) is 0 Å². The first-order chi connectivity index (χ1) is 20.1. The average Bonchev–Trinajstić information content (AvgIpc) is 3.65. The Hall–Kier alpha value is -1.48. The molecule has 3 saturated carbocycles. The van der Waals surface area contributed by atoms with E-state index in [4.69, 9.17) is 4.74 Å². The Kier molecular flexibility index (Phi) is 8.46. The third-order valence-corrected chi connectivity index (χ3v) is 12.2. The molecule has 1 amide bonds. The van der Waals surface area contributed by atoms with Gasteiger partial charge in [-0.2, -0.15) is 0 Å². The summed E-state index contributed by atoms with van der Waals surface area (Å²) in [5, 5.41) is 7.04. The summed E-state index contributed by atoms with van der Waals surface area (Å²) in [6, 6.07) is 1.28. The van der Waals surface area contributed by atoms with Crippen LogP contribution in [0.2, 0.25) is 0 Å². The molecule has 6 fully saturated rings. The molecule has 8 nitrogen and oxygen atoms in total. The smallest absolute Gasteiger partial charge is 0.256 e. The number of ketones is 1. The molecule has 9 atom stereocenters. The van der Waals surface area contributed by atoms with Crippen LogP contribution in [0.1, 0.15) is 83.5 Å². The van der Waals surface area contributed by atoms with Gasteiger partial charge in [0.25, 0.3) is 5.91 Å². The van der Waals surface area contributed by atoms with E-state index < -0.39 is 0 Å². The molecule has 7 rings (SSSR count). The molecule has 0 aromatic carbocycles. The van der Waals surface area contributed by atoms with Crippen molar-refractivity contribution < 1.29 is 14.3 Å². The summed E-state index contributed by atoms with van der Waals surface area (Å²) < 4.78 is 7.10. The zero-order valence-electron chi connectivity index (χ0n) is 25.3. The van der Waals surface area contributed by atoms with Gasteiger partial charge in [-0.05, 0) is 103 Å². The molecule has 0 spiro atoms. The molecule has 3 saturated heterocycles. The predicted octanol–water partition coefficient (Wildman–Crippen LogP) is 2.92. The Balaban J connectivity index is 1.09. The fourth-order valence-electron chi connectivity index (χ4n) is 9.90. The van der Waals surface area contributed by atoms with E-state index in [2.05, 4.69) is 32.4 Å². The Labute approximate surface area is 247 Å². The van der Waals surface area contributed by atoms with Gasteiger partial charge in [-0.15, -0.1) is 0 Å². The summed E-state index contributed by atoms with van der Waals surface area (Å²) in [6.07, 6.45) is 17.9. The molecular weight excluding hydrogens is 514 g/mol. The van der Waals surface area contributed by atoms with Crippen LogP contribution in [0.5, 0.6) is 0 Å². The predicted molar refractivity (Wildman–Crippen MR) is 159 cm³/mol. The van der Waals surface area contributed by atoms with Crippen molar-refractivity contribution in [2.75, 3.05) is 46.3 Å². The Morgan fingerprint density at radius 3 is 2.54 bits per heavy atom. The first kappa shape index (κ1) is 28.3. The van der Waals surface area contributed by atoms with E-state index in [0.717, 1.165) is 63.7 Å². The highest BCUT2D eigenvalue weighted by Gasteiger charge is 2.57. The Morgan fingerprint density at radius 2 is 1.76 bits per heavy atom. The highest BCUT2D eigenvalue weighted by Crippen LogP contribution is 2.49. The van der Waals surface area contributed by atoms with Crippen molar-refractivity contribution in [3.8, 4) is 0 Å². The molecule has 0 aromatic rings. The van der Waals surface area contributed by atoms with Crippen molar-refractivity contribution >= 4 is 11.7 Å². The van der Waals surface area contributed by atoms with E-state index in [9.17, 15) is 9.59 Å². The lowest BCUT2D eigenvalue weighted by molar-refractivity contribution is -0.200. The van der Waals surface area contributed by atoms with Gasteiger partial charge < -0.3 is 30.1 Å². The number of fused-ring (bicyclic) bond motifs is 3. The van der Waals surface area contributed by atoms with Crippen LogP contribution in [-0.2, 0) is 14.3 Å². The van der Waals surface area contributed by atoms with Crippen LogP contribution in [0, 0.1) is 17.8 Å². The minimum Gasteiger partial charge on any atom is -0.369 e. The summed E-state index contributed by atoms with van der Waals surface area (Å²) in [5.74, 6) is 1.27. The lowest BCUT2D eigenvalue weighted by Gasteiger charge is -2.60. The third-order valence-electron chi connectivity index (χ3n) is 12.2. The van der Waals surface area contributed by atoms with Crippen molar-refractivity contribution in [2.24, 2.45) is 17.8 Å². The fourth-order valence-corrected chi connectivity index (χ4v) is 9.90. The summed E-state index contributed by atoms with van der Waals surface area (Å²) in [6.45, 7) is 5.94. The van der Waals surface area contributed by atoms with Crippen molar-refractivity contribution in [3.05, 3.63) is 11.8 Å². The van der Waals surface area contributed by atoms with Gasteiger partial charge in [0.2, 0.25) is 0 Å². The number of nitrogens with zero attached hydrogens (tertiary/aromatic N) is 3. The quantitative estimate of drug-likeness (QED) is 0.437. The topological polar surface area (TPSA) is 77.2 Å². The van der Waals surface area contributed by atoms with Crippen LogP contribution in [0.3, 0.4) is 0 Å². The number of ether oxygens (including phenoxy) is 1. The maximum absolute atomic E-state index is 13.9. The van der Waals surface area contributed by atoms with Crippen LogP contribution >= 0.6 is 0 Å². The van der Waals surface area contributed by atoms with Crippen molar-refractivity contribution in [3.63, 3.8) is 0 Å². The van der Waals surface area contributed by atoms with E-state index in [0.29, 0.717) is 18.2 Å². The molecule has 9 unspecified atom stereocenters. The van der Waals surface area contributed by atoms with Crippen molar-refractivity contribution in [2.45, 2.75) is 120 Å². The maximum Gasteiger partial charge on any atom is 0.256 e.